The third kappa shape index (κ3) is 4.21. The normalized spacial score (nSPS) is 15.0. The molecular formula is C17H25NO3. The maximum absolute atomic E-state index is 12.3. The number of carbonyl (C=O) groups excluding carboxylic acids is 1. The van der Waals surface area contributed by atoms with E-state index in [-0.39, 0.29) is 5.78 Å². The standard InChI is InChI=1S/C17H25NO3/c1-12(2)13(7-8-18)3-5-15(19)14-4-6-16-17(11-14)21-10-9-20-16/h4,6,11-13H,3,5,7-10,18H2,1-2H3. The fourth-order valence-electron chi connectivity index (χ4n) is 2.70. The minimum atomic E-state index is 0.162. The molecule has 0 bridgehead atoms. The van der Waals surface area contributed by atoms with Crippen LogP contribution in [0.1, 0.15) is 43.5 Å². The van der Waals surface area contributed by atoms with Crippen molar-refractivity contribution in [2.45, 2.75) is 33.1 Å². The molecule has 116 valence electrons. The summed E-state index contributed by atoms with van der Waals surface area (Å²) in [5.41, 5.74) is 6.35. The summed E-state index contributed by atoms with van der Waals surface area (Å²) in [4.78, 5) is 12.3. The molecule has 1 aromatic carbocycles. The molecule has 1 atom stereocenters. The molecule has 21 heavy (non-hydrogen) atoms. The predicted molar refractivity (Wildman–Crippen MR) is 83.0 cm³/mol. The zero-order valence-corrected chi connectivity index (χ0v) is 12.9. The highest BCUT2D eigenvalue weighted by Gasteiger charge is 2.18. The van der Waals surface area contributed by atoms with E-state index in [1.165, 1.54) is 0 Å². The summed E-state index contributed by atoms with van der Waals surface area (Å²) in [5, 5.41) is 0. The molecule has 0 saturated carbocycles. The Morgan fingerprint density at radius 1 is 1.19 bits per heavy atom. The second-order valence-electron chi connectivity index (χ2n) is 5.90. The largest absolute Gasteiger partial charge is 0.486 e. The van der Waals surface area contributed by atoms with Crippen molar-refractivity contribution in [3.05, 3.63) is 23.8 Å². The zero-order chi connectivity index (χ0) is 15.2. The maximum atomic E-state index is 12.3. The summed E-state index contributed by atoms with van der Waals surface area (Å²) in [6, 6.07) is 5.44. The van der Waals surface area contributed by atoms with E-state index in [1.807, 2.05) is 12.1 Å². The number of nitrogens with two attached hydrogens (primary N) is 1. The zero-order valence-electron chi connectivity index (χ0n) is 12.9. The van der Waals surface area contributed by atoms with Gasteiger partial charge in [-0.15, -0.1) is 0 Å². The lowest BCUT2D eigenvalue weighted by atomic mass is 9.87. The van der Waals surface area contributed by atoms with E-state index < -0.39 is 0 Å². The summed E-state index contributed by atoms with van der Waals surface area (Å²) in [6.45, 7) is 6.16. The first-order chi connectivity index (χ1) is 10.1. The number of ether oxygens (including phenoxy) is 2. The van der Waals surface area contributed by atoms with Gasteiger partial charge in [0.05, 0.1) is 0 Å². The van der Waals surface area contributed by atoms with Crippen LogP contribution in [0.2, 0.25) is 0 Å². The van der Waals surface area contributed by atoms with Gasteiger partial charge in [-0.25, -0.2) is 0 Å². The molecule has 4 nitrogen and oxygen atoms in total. The van der Waals surface area contributed by atoms with Crippen LogP contribution in [0, 0.1) is 11.8 Å². The third-order valence-electron chi connectivity index (χ3n) is 4.09. The Bertz CT molecular complexity index is 485. The number of hydrogen-bond donors (Lipinski definition) is 1. The Balaban J connectivity index is 1.96. The van der Waals surface area contributed by atoms with Crippen molar-refractivity contribution in [2.75, 3.05) is 19.8 Å². The van der Waals surface area contributed by atoms with Crippen LogP contribution in [-0.4, -0.2) is 25.5 Å². The summed E-state index contributed by atoms with van der Waals surface area (Å²) in [5.74, 6) is 2.63. The van der Waals surface area contributed by atoms with Gasteiger partial charge in [0.25, 0.3) is 0 Å². The van der Waals surface area contributed by atoms with Crippen molar-refractivity contribution < 1.29 is 14.3 Å². The van der Waals surface area contributed by atoms with E-state index in [9.17, 15) is 4.79 Å². The third-order valence-corrected chi connectivity index (χ3v) is 4.09. The number of benzene rings is 1. The van der Waals surface area contributed by atoms with Crippen LogP contribution in [0.25, 0.3) is 0 Å². The second kappa shape index (κ2) is 7.46. The molecule has 0 amide bonds. The lowest BCUT2D eigenvalue weighted by Crippen LogP contribution is -2.17. The molecule has 4 heteroatoms. The van der Waals surface area contributed by atoms with Gasteiger partial charge in [0.2, 0.25) is 0 Å². The first-order valence-electron chi connectivity index (χ1n) is 7.74. The Hall–Kier alpha value is -1.55. The van der Waals surface area contributed by atoms with Crippen molar-refractivity contribution in [1.82, 2.24) is 0 Å². The monoisotopic (exact) mass is 291 g/mol. The van der Waals surface area contributed by atoms with E-state index >= 15 is 0 Å². The molecule has 0 spiro atoms. The maximum Gasteiger partial charge on any atom is 0.163 e. The molecule has 0 aliphatic carbocycles. The summed E-state index contributed by atoms with van der Waals surface area (Å²) in [7, 11) is 0. The SMILES string of the molecule is CC(C)C(CCN)CCC(=O)c1ccc2c(c1)OCCO2. The average Bonchev–Trinajstić information content (AvgIpc) is 2.50. The average molecular weight is 291 g/mol. The number of rotatable bonds is 7. The van der Waals surface area contributed by atoms with Crippen LogP contribution in [0.4, 0.5) is 0 Å². The molecule has 0 radical (unpaired) electrons. The Labute approximate surface area is 126 Å². The smallest absolute Gasteiger partial charge is 0.163 e. The van der Waals surface area contributed by atoms with Crippen molar-refractivity contribution in [1.29, 1.82) is 0 Å². The first kappa shape index (κ1) is 15.8. The lowest BCUT2D eigenvalue weighted by Gasteiger charge is -2.20. The number of Topliss-reactive ketones (excluding diaryl/α,β-unsaturated/α-hetero) is 1. The Kier molecular flexibility index (Phi) is 5.62. The van der Waals surface area contributed by atoms with Crippen LogP contribution in [-0.2, 0) is 0 Å². The molecule has 1 aromatic rings. The number of ketones is 1. The van der Waals surface area contributed by atoms with E-state index in [0.717, 1.165) is 18.6 Å². The molecule has 1 unspecified atom stereocenters. The van der Waals surface area contributed by atoms with E-state index in [4.69, 9.17) is 15.2 Å². The second-order valence-corrected chi connectivity index (χ2v) is 5.90. The number of carbonyl (C=O) groups is 1. The molecule has 0 aromatic heterocycles. The highest BCUT2D eigenvalue weighted by molar-refractivity contribution is 5.96. The molecule has 0 saturated heterocycles. The summed E-state index contributed by atoms with van der Waals surface area (Å²) >= 11 is 0. The van der Waals surface area contributed by atoms with Gasteiger partial charge in [-0.05, 0) is 49.4 Å². The molecule has 1 aliphatic rings. The molecule has 2 N–H and O–H groups in total. The van der Waals surface area contributed by atoms with Crippen molar-refractivity contribution in [3.63, 3.8) is 0 Å². The van der Waals surface area contributed by atoms with Crippen LogP contribution in [0.5, 0.6) is 11.5 Å². The number of hydrogen-bond acceptors (Lipinski definition) is 4. The van der Waals surface area contributed by atoms with E-state index in [2.05, 4.69) is 13.8 Å². The first-order valence-corrected chi connectivity index (χ1v) is 7.74. The quantitative estimate of drug-likeness (QED) is 0.784. The van der Waals surface area contributed by atoms with Gasteiger partial charge in [-0.2, -0.15) is 0 Å². The van der Waals surface area contributed by atoms with Crippen LogP contribution in [0.15, 0.2) is 18.2 Å². The molecule has 0 fully saturated rings. The van der Waals surface area contributed by atoms with Gasteiger partial charge in [-0.3, -0.25) is 4.79 Å². The summed E-state index contributed by atoms with van der Waals surface area (Å²) < 4.78 is 11.0. The van der Waals surface area contributed by atoms with Crippen molar-refractivity contribution >= 4 is 5.78 Å². The minimum Gasteiger partial charge on any atom is -0.486 e. The van der Waals surface area contributed by atoms with Crippen molar-refractivity contribution in [2.24, 2.45) is 17.6 Å². The van der Waals surface area contributed by atoms with Crippen LogP contribution in [0.3, 0.4) is 0 Å². The molecule has 1 aliphatic heterocycles. The van der Waals surface area contributed by atoms with Gasteiger partial charge in [0.1, 0.15) is 13.2 Å². The van der Waals surface area contributed by atoms with Gasteiger partial charge in [0.15, 0.2) is 17.3 Å². The minimum absolute atomic E-state index is 0.162. The Morgan fingerprint density at radius 3 is 2.57 bits per heavy atom. The van der Waals surface area contributed by atoms with Crippen molar-refractivity contribution in [3.8, 4) is 11.5 Å². The fourth-order valence-corrected chi connectivity index (χ4v) is 2.70. The van der Waals surface area contributed by atoms with Crippen LogP contribution >= 0.6 is 0 Å². The fraction of sp³-hybridized carbons (Fsp3) is 0.588. The topological polar surface area (TPSA) is 61.6 Å². The molecule has 2 rings (SSSR count). The summed E-state index contributed by atoms with van der Waals surface area (Å²) in [6.07, 6.45) is 2.43. The van der Waals surface area contributed by atoms with Gasteiger partial charge in [-0.1, -0.05) is 13.8 Å². The lowest BCUT2D eigenvalue weighted by molar-refractivity contribution is 0.0968. The van der Waals surface area contributed by atoms with Gasteiger partial charge in [0, 0.05) is 12.0 Å². The number of fused-ring (bicyclic) bond motifs is 1. The van der Waals surface area contributed by atoms with Crippen LogP contribution < -0.4 is 15.2 Å². The van der Waals surface area contributed by atoms with Gasteiger partial charge >= 0.3 is 0 Å². The molecule has 1 heterocycles. The van der Waals surface area contributed by atoms with E-state index in [1.54, 1.807) is 6.07 Å². The molecular weight excluding hydrogens is 266 g/mol. The van der Waals surface area contributed by atoms with E-state index in [0.29, 0.717) is 49.3 Å². The highest BCUT2D eigenvalue weighted by Crippen LogP contribution is 2.31. The highest BCUT2D eigenvalue weighted by atomic mass is 16.6. The predicted octanol–water partition coefficient (Wildman–Crippen LogP) is 3.04. The van der Waals surface area contributed by atoms with Gasteiger partial charge < -0.3 is 15.2 Å². The Morgan fingerprint density at radius 2 is 1.90 bits per heavy atom.